The molecule has 0 spiro atoms. The van der Waals surface area contributed by atoms with E-state index < -0.39 is 17.4 Å². The summed E-state index contributed by atoms with van der Waals surface area (Å²) >= 11 is 0. The predicted octanol–water partition coefficient (Wildman–Crippen LogP) is -0.480. The number of carbonyl (C=O) groups is 2. The van der Waals surface area contributed by atoms with Crippen LogP contribution in [0.3, 0.4) is 0 Å². The minimum Gasteiger partial charge on any atom is -0.372 e. The number of carbonyl (C=O) groups excluding carboxylic acids is 2. The lowest BCUT2D eigenvalue weighted by atomic mass is 10.0. The number of benzene rings is 1. The van der Waals surface area contributed by atoms with Crippen molar-refractivity contribution in [1.29, 1.82) is 0 Å². The second-order valence-corrected chi connectivity index (χ2v) is 5.83. The fourth-order valence-corrected chi connectivity index (χ4v) is 2.84. The Bertz CT molecular complexity index is 762. The Kier molecular flexibility index (Phi) is 4.75. The number of aliphatic hydroxyl groups is 1. The molecule has 1 unspecified atom stereocenters. The molecule has 9 nitrogen and oxygen atoms in total. The standard InChI is InChI=1S/C16H20N6O3/c1-2-13-18-19-20-22(13)11-9-17-14(23)16(25)8-10-21(15(16)24)12-6-4-3-5-7-12/h3-7,25H,2,8-11H2,1H3,(H,17,23). The highest BCUT2D eigenvalue weighted by Gasteiger charge is 2.51. The first-order valence-electron chi connectivity index (χ1n) is 8.19. The van der Waals surface area contributed by atoms with Gasteiger partial charge in [-0.15, -0.1) is 5.10 Å². The molecule has 2 N–H and O–H groups in total. The topological polar surface area (TPSA) is 113 Å². The van der Waals surface area contributed by atoms with Gasteiger partial charge in [-0.05, 0) is 22.6 Å². The number of nitrogens with one attached hydrogen (secondary N) is 1. The molecular weight excluding hydrogens is 324 g/mol. The van der Waals surface area contributed by atoms with Crippen LogP contribution >= 0.6 is 0 Å². The molecule has 1 saturated heterocycles. The molecule has 0 radical (unpaired) electrons. The molecule has 132 valence electrons. The summed E-state index contributed by atoms with van der Waals surface area (Å²) in [6.45, 7) is 2.81. The van der Waals surface area contributed by atoms with Crippen molar-refractivity contribution in [2.24, 2.45) is 0 Å². The molecule has 9 heteroatoms. The molecule has 3 rings (SSSR count). The van der Waals surface area contributed by atoms with E-state index in [4.69, 9.17) is 0 Å². The predicted molar refractivity (Wildman–Crippen MR) is 88.6 cm³/mol. The average molecular weight is 344 g/mol. The lowest BCUT2D eigenvalue weighted by Crippen LogP contribution is -2.53. The second kappa shape index (κ2) is 6.98. The minimum absolute atomic E-state index is 0.0532. The molecule has 2 aromatic rings. The van der Waals surface area contributed by atoms with Gasteiger partial charge in [-0.2, -0.15) is 0 Å². The van der Waals surface area contributed by atoms with Crippen LogP contribution in [0.25, 0.3) is 0 Å². The van der Waals surface area contributed by atoms with E-state index in [2.05, 4.69) is 20.8 Å². The van der Waals surface area contributed by atoms with Gasteiger partial charge in [0.25, 0.3) is 11.8 Å². The van der Waals surface area contributed by atoms with Crippen molar-refractivity contribution in [2.75, 3.05) is 18.0 Å². The summed E-state index contributed by atoms with van der Waals surface area (Å²) < 4.78 is 1.58. The lowest BCUT2D eigenvalue weighted by molar-refractivity contribution is -0.149. The molecule has 0 aliphatic carbocycles. The van der Waals surface area contributed by atoms with Crippen LogP contribution in [0.4, 0.5) is 5.69 Å². The first-order valence-corrected chi connectivity index (χ1v) is 8.19. The van der Waals surface area contributed by atoms with Crippen LogP contribution in [-0.4, -0.2) is 55.8 Å². The summed E-state index contributed by atoms with van der Waals surface area (Å²) in [6, 6.07) is 8.98. The smallest absolute Gasteiger partial charge is 0.268 e. The first kappa shape index (κ1) is 17.0. The van der Waals surface area contributed by atoms with Crippen LogP contribution in [0.5, 0.6) is 0 Å². The van der Waals surface area contributed by atoms with E-state index in [0.717, 1.165) is 0 Å². The summed E-state index contributed by atoms with van der Waals surface area (Å²) in [7, 11) is 0. The van der Waals surface area contributed by atoms with E-state index in [0.29, 0.717) is 31.0 Å². The Balaban J connectivity index is 1.61. The fourth-order valence-electron chi connectivity index (χ4n) is 2.84. The summed E-state index contributed by atoms with van der Waals surface area (Å²) in [6.07, 6.45) is 0.729. The maximum atomic E-state index is 12.5. The number of amides is 2. The van der Waals surface area contributed by atoms with Gasteiger partial charge >= 0.3 is 0 Å². The number of hydrogen-bond donors (Lipinski definition) is 2. The molecule has 1 aromatic heterocycles. The molecule has 2 amide bonds. The van der Waals surface area contributed by atoms with Gasteiger partial charge in [0.05, 0.1) is 6.54 Å². The molecule has 1 fully saturated rings. The van der Waals surface area contributed by atoms with Gasteiger partial charge in [0.15, 0.2) is 5.82 Å². The molecule has 2 heterocycles. The maximum Gasteiger partial charge on any atom is 0.268 e. The van der Waals surface area contributed by atoms with Crippen molar-refractivity contribution in [3.05, 3.63) is 36.2 Å². The van der Waals surface area contributed by atoms with Gasteiger partial charge in [0.2, 0.25) is 5.60 Å². The molecule has 1 aromatic carbocycles. The van der Waals surface area contributed by atoms with Crippen molar-refractivity contribution >= 4 is 17.5 Å². The van der Waals surface area contributed by atoms with E-state index in [9.17, 15) is 14.7 Å². The highest BCUT2D eigenvalue weighted by atomic mass is 16.3. The fraction of sp³-hybridized carbons (Fsp3) is 0.438. The van der Waals surface area contributed by atoms with Crippen molar-refractivity contribution in [1.82, 2.24) is 25.5 Å². The molecule has 0 bridgehead atoms. The molecule has 1 aliphatic heterocycles. The summed E-state index contributed by atoms with van der Waals surface area (Å²) in [5.41, 5.74) is -1.37. The Morgan fingerprint density at radius 2 is 2.12 bits per heavy atom. The number of tetrazole rings is 1. The van der Waals surface area contributed by atoms with Crippen molar-refractivity contribution < 1.29 is 14.7 Å². The minimum atomic E-state index is -2.04. The Morgan fingerprint density at radius 1 is 1.36 bits per heavy atom. The highest BCUT2D eigenvalue weighted by molar-refractivity contribution is 6.16. The summed E-state index contributed by atoms with van der Waals surface area (Å²) in [5.74, 6) is -0.588. The Labute approximate surface area is 144 Å². The van der Waals surface area contributed by atoms with Gasteiger partial charge in [-0.1, -0.05) is 25.1 Å². The van der Waals surface area contributed by atoms with E-state index in [1.165, 1.54) is 4.90 Å². The number of aryl methyl sites for hydroxylation is 1. The number of aromatic nitrogens is 4. The van der Waals surface area contributed by atoms with Crippen LogP contribution in [0.2, 0.25) is 0 Å². The van der Waals surface area contributed by atoms with Gasteiger partial charge in [-0.3, -0.25) is 9.59 Å². The number of hydrogen-bond acceptors (Lipinski definition) is 6. The quantitative estimate of drug-likeness (QED) is 0.684. The van der Waals surface area contributed by atoms with Gasteiger partial charge in [0, 0.05) is 31.6 Å². The van der Waals surface area contributed by atoms with Crippen LogP contribution in [0, 0.1) is 0 Å². The van der Waals surface area contributed by atoms with E-state index >= 15 is 0 Å². The van der Waals surface area contributed by atoms with E-state index in [-0.39, 0.29) is 13.0 Å². The third kappa shape index (κ3) is 3.22. The monoisotopic (exact) mass is 344 g/mol. The maximum absolute atomic E-state index is 12.5. The Morgan fingerprint density at radius 3 is 2.84 bits per heavy atom. The van der Waals surface area contributed by atoms with Gasteiger partial charge in [0.1, 0.15) is 0 Å². The molecular formula is C16H20N6O3. The largest absolute Gasteiger partial charge is 0.372 e. The molecule has 0 saturated carbocycles. The van der Waals surface area contributed by atoms with Crippen molar-refractivity contribution in [3.8, 4) is 0 Å². The van der Waals surface area contributed by atoms with Crippen molar-refractivity contribution in [3.63, 3.8) is 0 Å². The number of nitrogens with zero attached hydrogens (tertiary/aromatic N) is 5. The number of anilines is 1. The zero-order valence-electron chi connectivity index (χ0n) is 13.9. The highest BCUT2D eigenvalue weighted by Crippen LogP contribution is 2.28. The van der Waals surface area contributed by atoms with E-state index in [1.807, 2.05) is 13.0 Å². The zero-order valence-corrected chi connectivity index (χ0v) is 13.9. The first-order chi connectivity index (χ1) is 12.1. The van der Waals surface area contributed by atoms with Crippen molar-refractivity contribution in [2.45, 2.75) is 31.9 Å². The average Bonchev–Trinajstić information content (AvgIpc) is 3.21. The van der Waals surface area contributed by atoms with Crippen LogP contribution in [0.1, 0.15) is 19.2 Å². The number of rotatable bonds is 6. The molecule has 25 heavy (non-hydrogen) atoms. The third-order valence-corrected chi connectivity index (χ3v) is 4.27. The zero-order chi connectivity index (χ0) is 17.9. The van der Waals surface area contributed by atoms with Crippen LogP contribution in [0.15, 0.2) is 30.3 Å². The third-order valence-electron chi connectivity index (χ3n) is 4.27. The van der Waals surface area contributed by atoms with Crippen LogP contribution in [-0.2, 0) is 22.6 Å². The number of para-hydroxylation sites is 1. The van der Waals surface area contributed by atoms with Gasteiger partial charge < -0.3 is 15.3 Å². The summed E-state index contributed by atoms with van der Waals surface area (Å²) in [4.78, 5) is 26.3. The van der Waals surface area contributed by atoms with Crippen LogP contribution < -0.4 is 10.2 Å². The lowest BCUT2D eigenvalue weighted by Gasteiger charge is -2.21. The molecule has 1 atom stereocenters. The van der Waals surface area contributed by atoms with Gasteiger partial charge in [-0.25, -0.2) is 4.68 Å². The summed E-state index contributed by atoms with van der Waals surface area (Å²) in [5, 5.41) is 24.4. The SMILES string of the molecule is CCc1nnnn1CCNC(=O)C1(O)CCN(c2ccccc2)C1=O. The molecule has 1 aliphatic rings. The van der Waals surface area contributed by atoms with E-state index in [1.54, 1.807) is 28.9 Å². The second-order valence-electron chi connectivity index (χ2n) is 5.83. The normalized spacial score (nSPS) is 20.1. The Hall–Kier alpha value is -2.81.